The summed E-state index contributed by atoms with van der Waals surface area (Å²) in [4.78, 5) is 11.6. The van der Waals surface area contributed by atoms with Crippen molar-refractivity contribution in [3.8, 4) is 12.3 Å². The van der Waals surface area contributed by atoms with Gasteiger partial charge in [-0.05, 0) is 18.6 Å². The largest absolute Gasteiger partial charge is 0.320 e. The summed E-state index contributed by atoms with van der Waals surface area (Å²) in [6.45, 7) is 1.41. The third-order valence-electron chi connectivity index (χ3n) is 2.22. The molecule has 84 valence electrons. The molecule has 0 spiro atoms. The Morgan fingerprint density at radius 2 is 2.12 bits per heavy atom. The number of benzene rings is 1. The van der Waals surface area contributed by atoms with E-state index >= 15 is 0 Å². The first-order chi connectivity index (χ1) is 7.49. The first-order valence-electron chi connectivity index (χ1n) is 4.67. The van der Waals surface area contributed by atoms with Gasteiger partial charge in [0, 0.05) is 6.42 Å². The summed E-state index contributed by atoms with van der Waals surface area (Å²) >= 11 is 0. The number of hydrogen-bond acceptors (Lipinski definition) is 2. The van der Waals surface area contributed by atoms with Crippen molar-refractivity contribution in [2.45, 2.75) is 19.4 Å². The van der Waals surface area contributed by atoms with Crippen LogP contribution in [0.1, 0.15) is 22.3 Å². The average Bonchev–Trinajstić information content (AvgIpc) is 2.26. The molecule has 1 rings (SSSR count). The summed E-state index contributed by atoms with van der Waals surface area (Å²) in [5.74, 6) is -0.682. The van der Waals surface area contributed by atoms with Crippen molar-refractivity contribution in [3.63, 3.8) is 0 Å². The smallest absolute Gasteiger partial charge is 0.183 e. The van der Waals surface area contributed by atoms with Gasteiger partial charge in [0.25, 0.3) is 0 Å². The molecule has 0 aliphatic carbocycles. The van der Waals surface area contributed by atoms with Crippen LogP contribution in [-0.2, 0) is 0 Å². The maximum atomic E-state index is 13.4. The van der Waals surface area contributed by atoms with Gasteiger partial charge >= 0.3 is 0 Å². The number of carbonyl (C=O) groups is 1. The number of hydrogen-bond donors (Lipinski definition) is 1. The molecule has 1 unspecified atom stereocenters. The molecule has 4 heteroatoms. The normalized spacial score (nSPS) is 11.9. The topological polar surface area (TPSA) is 43.1 Å². The molecule has 2 nitrogen and oxygen atoms in total. The molecule has 1 atom stereocenters. The second-order valence-corrected chi connectivity index (χ2v) is 3.44. The minimum atomic E-state index is -1.17. The highest BCUT2D eigenvalue weighted by Crippen LogP contribution is 2.17. The van der Waals surface area contributed by atoms with E-state index in [1.165, 1.54) is 19.1 Å². The Balaban J connectivity index is 3.11. The van der Waals surface area contributed by atoms with E-state index in [2.05, 4.69) is 5.92 Å². The lowest BCUT2D eigenvalue weighted by atomic mass is 10.0. The lowest BCUT2D eigenvalue weighted by molar-refractivity contribution is 0.0958. The predicted molar refractivity (Wildman–Crippen MR) is 56.9 cm³/mol. The molecule has 1 aromatic carbocycles. The molecule has 2 N–H and O–H groups in total. The van der Waals surface area contributed by atoms with Gasteiger partial charge in [0.15, 0.2) is 17.4 Å². The number of terminal acetylenes is 1. The maximum absolute atomic E-state index is 13.4. The molecule has 0 aliphatic heterocycles. The van der Waals surface area contributed by atoms with Gasteiger partial charge < -0.3 is 5.73 Å². The van der Waals surface area contributed by atoms with Crippen LogP contribution in [0.15, 0.2) is 12.1 Å². The third kappa shape index (κ3) is 2.26. The van der Waals surface area contributed by atoms with E-state index in [9.17, 15) is 13.6 Å². The van der Waals surface area contributed by atoms with Crippen molar-refractivity contribution in [2.24, 2.45) is 5.73 Å². The first kappa shape index (κ1) is 12.3. The highest BCUT2D eigenvalue weighted by molar-refractivity contribution is 6.00. The van der Waals surface area contributed by atoms with E-state index in [0.717, 1.165) is 0 Å². The van der Waals surface area contributed by atoms with Gasteiger partial charge in [0.05, 0.1) is 11.6 Å². The zero-order valence-electron chi connectivity index (χ0n) is 8.76. The zero-order valence-corrected chi connectivity index (χ0v) is 8.76. The summed E-state index contributed by atoms with van der Waals surface area (Å²) in [6.07, 6.45) is 4.98. The summed E-state index contributed by atoms with van der Waals surface area (Å²) in [6, 6.07) is 1.54. The van der Waals surface area contributed by atoms with Crippen LogP contribution in [0, 0.1) is 30.9 Å². The summed E-state index contributed by atoms with van der Waals surface area (Å²) in [5, 5.41) is 0. The summed E-state index contributed by atoms with van der Waals surface area (Å²) in [7, 11) is 0. The Morgan fingerprint density at radius 3 is 2.69 bits per heavy atom. The molecule has 0 bridgehead atoms. The van der Waals surface area contributed by atoms with Gasteiger partial charge in [-0.25, -0.2) is 8.78 Å². The number of nitrogens with two attached hydrogens (primary N) is 1. The number of aryl methyl sites for hydroxylation is 1. The lowest BCUT2D eigenvalue weighted by Crippen LogP contribution is -2.30. The Hall–Kier alpha value is -1.73. The highest BCUT2D eigenvalue weighted by Gasteiger charge is 2.21. The van der Waals surface area contributed by atoms with Gasteiger partial charge in [-0.2, -0.15) is 0 Å². The fraction of sp³-hybridized carbons (Fsp3) is 0.250. The van der Waals surface area contributed by atoms with E-state index in [1.54, 1.807) is 0 Å². The molecule has 0 radical (unpaired) electrons. The predicted octanol–water partition coefficient (Wildman–Crippen LogP) is 1.81. The Morgan fingerprint density at radius 1 is 1.50 bits per heavy atom. The SMILES string of the molecule is C#CCC(N)C(=O)c1ccc(C)c(F)c1F. The summed E-state index contributed by atoms with van der Waals surface area (Å²) in [5.41, 5.74) is 5.22. The number of rotatable bonds is 3. The summed E-state index contributed by atoms with van der Waals surface area (Å²) < 4.78 is 26.6. The van der Waals surface area contributed by atoms with E-state index < -0.39 is 23.5 Å². The molecule has 0 saturated heterocycles. The van der Waals surface area contributed by atoms with Crippen LogP contribution in [-0.4, -0.2) is 11.8 Å². The minimum absolute atomic E-state index is 0.00618. The fourth-order valence-electron chi connectivity index (χ4n) is 1.26. The van der Waals surface area contributed by atoms with Crippen LogP contribution in [0.5, 0.6) is 0 Å². The molecule has 0 amide bonds. The molecular weight excluding hydrogens is 212 g/mol. The van der Waals surface area contributed by atoms with Crippen molar-refractivity contribution in [1.82, 2.24) is 0 Å². The molecule has 16 heavy (non-hydrogen) atoms. The molecule has 0 fully saturated rings. The second kappa shape index (κ2) is 4.86. The van der Waals surface area contributed by atoms with Gasteiger partial charge in [-0.1, -0.05) is 6.07 Å². The quantitative estimate of drug-likeness (QED) is 0.627. The highest BCUT2D eigenvalue weighted by atomic mass is 19.2. The van der Waals surface area contributed by atoms with Gasteiger partial charge in [-0.15, -0.1) is 12.3 Å². The minimum Gasteiger partial charge on any atom is -0.320 e. The monoisotopic (exact) mass is 223 g/mol. The van der Waals surface area contributed by atoms with E-state index in [-0.39, 0.29) is 17.5 Å². The van der Waals surface area contributed by atoms with Crippen LogP contribution in [0.3, 0.4) is 0 Å². The van der Waals surface area contributed by atoms with Gasteiger partial charge in [0.2, 0.25) is 0 Å². The van der Waals surface area contributed by atoms with Crippen LogP contribution >= 0.6 is 0 Å². The zero-order chi connectivity index (χ0) is 12.3. The van der Waals surface area contributed by atoms with Crippen LogP contribution in [0.25, 0.3) is 0 Å². The van der Waals surface area contributed by atoms with Crippen molar-refractivity contribution in [3.05, 3.63) is 34.9 Å². The number of Topliss-reactive ketones (excluding diaryl/α,β-unsaturated/α-hetero) is 1. The van der Waals surface area contributed by atoms with E-state index in [1.807, 2.05) is 0 Å². The van der Waals surface area contributed by atoms with Crippen LogP contribution < -0.4 is 5.73 Å². The molecule has 1 aromatic rings. The maximum Gasteiger partial charge on any atom is 0.183 e. The Kier molecular flexibility index (Phi) is 3.75. The van der Waals surface area contributed by atoms with Crippen molar-refractivity contribution in [2.75, 3.05) is 0 Å². The number of carbonyl (C=O) groups excluding carboxylic acids is 1. The second-order valence-electron chi connectivity index (χ2n) is 3.44. The molecule has 0 saturated carbocycles. The van der Waals surface area contributed by atoms with Gasteiger partial charge in [-0.3, -0.25) is 4.79 Å². The average molecular weight is 223 g/mol. The lowest BCUT2D eigenvalue weighted by Gasteiger charge is -2.09. The molecule has 0 heterocycles. The van der Waals surface area contributed by atoms with Crippen LogP contribution in [0.2, 0.25) is 0 Å². The van der Waals surface area contributed by atoms with Crippen molar-refractivity contribution < 1.29 is 13.6 Å². The van der Waals surface area contributed by atoms with Gasteiger partial charge in [0.1, 0.15) is 0 Å². The van der Waals surface area contributed by atoms with Crippen LogP contribution in [0.4, 0.5) is 8.78 Å². The molecule has 0 aromatic heterocycles. The first-order valence-corrected chi connectivity index (χ1v) is 4.67. The van der Waals surface area contributed by atoms with E-state index in [4.69, 9.17) is 12.2 Å². The Bertz CT molecular complexity index is 463. The fourth-order valence-corrected chi connectivity index (χ4v) is 1.26. The molecular formula is C12H11F2NO. The Labute approximate surface area is 92.5 Å². The third-order valence-corrected chi connectivity index (χ3v) is 2.22. The van der Waals surface area contributed by atoms with E-state index in [0.29, 0.717) is 0 Å². The van der Waals surface area contributed by atoms with Crippen molar-refractivity contribution in [1.29, 1.82) is 0 Å². The van der Waals surface area contributed by atoms with Crippen molar-refractivity contribution >= 4 is 5.78 Å². The number of ketones is 1. The molecule has 0 aliphatic rings. The number of halogens is 2. The standard InChI is InChI=1S/C12H11F2NO/c1-3-4-9(15)12(16)8-6-5-7(2)10(13)11(8)14/h1,5-6,9H,4,15H2,2H3.